The summed E-state index contributed by atoms with van der Waals surface area (Å²) >= 11 is 5.51. The molecule has 2 aromatic carbocycles. The highest BCUT2D eigenvalue weighted by molar-refractivity contribution is 7.81. The molecule has 0 unspecified atom stereocenters. The van der Waals surface area contributed by atoms with Crippen molar-refractivity contribution in [1.82, 2.24) is 9.55 Å². The number of benzene rings is 2. The lowest BCUT2D eigenvalue weighted by molar-refractivity contribution is 1.06. The van der Waals surface area contributed by atoms with Crippen LogP contribution in [0.15, 0.2) is 73.3 Å². The Hall–Kier alpha value is -2.26. The first-order valence-corrected chi connectivity index (χ1v) is 6.43. The monoisotopic (exact) mass is 264 g/mol. The van der Waals surface area contributed by atoms with Gasteiger partial charge in [0.25, 0.3) is 0 Å². The van der Waals surface area contributed by atoms with Crippen LogP contribution < -0.4 is 0 Å². The Balaban J connectivity index is 1.89. The first-order valence-electron chi connectivity index (χ1n) is 6.03. The van der Waals surface area contributed by atoms with E-state index in [1.165, 1.54) is 0 Å². The van der Waals surface area contributed by atoms with Crippen LogP contribution in [0.2, 0.25) is 0 Å². The van der Waals surface area contributed by atoms with Crippen molar-refractivity contribution in [3.8, 4) is 5.69 Å². The first-order chi connectivity index (χ1) is 9.34. The highest BCUT2D eigenvalue weighted by atomic mass is 32.1. The fourth-order valence-corrected chi connectivity index (χ4v) is 2.23. The second-order valence-corrected chi connectivity index (χ2v) is 4.62. The van der Waals surface area contributed by atoms with Crippen molar-refractivity contribution in [1.29, 1.82) is 0 Å². The molecule has 0 aliphatic rings. The zero-order valence-corrected chi connectivity index (χ0v) is 11.0. The van der Waals surface area contributed by atoms with Crippen LogP contribution in [0.3, 0.4) is 0 Å². The molecular weight excluding hydrogens is 252 g/mol. The SMILES string of the molecule is S=C(c1ccccc1)c1ccc(-n2ccnc2)cc1. The summed E-state index contributed by atoms with van der Waals surface area (Å²) in [5.74, 6) is 0. The Morgan fingerprint density at radius 3 is 2.21 bits per heavy atom. The van der Waals surface area contributed by atoms with Gasteiger partial charge < -0.3 is 4.57 Å². The maximum absolute atomic E-state index is 5.51. The van der Waals surface area contributed by atoms with Gasteiger partial charge >= 0.3 is 0 Å². The van der Waals surface area contributed by atoms with E-state index in [2.05, 4.69) is 4.98 Å². The van der Waals surface area contributed by atoms with Gasteiger partial charge in [-0.2, -0.15) is 0 Å². The summed E-state index contributed by atoms with van der Waals surface area (Å²) < 4.78 is 1.97. The highest BCUT2D eigenvalue weighted by Gasteiger charge is 2.04. The van der Waals surface area contributed by atoms with Crippen LogP contribution in [0, 0.1) is 0 Å². The molecule has 0 atom stereocenters. The molecule has 19 heavy (non-hydrogen) atoms. The van der Waals surface area contributed by atoms with Crippen LogP contribution in [-0.2, 0) is 0 Å². The van der Waals surface area contributed by atoms with Gasteiger partial charge in [0.1, 0.15) is 0 Å². The van der Waals surface area contributed by atoms with Crippen molar-refractivity contribution < 1.29 is 0 Å². The summed E-state index contributed by atoms with van der Waals surface area (Å²) in [7, 11) is 0. The molecule has 1 heterocycles. The van der Waals surface area contributed by atoms with Crippen LogP contribution in [0.1, 0.15) is 11.1 Å². The standard InChI is InChI=1S/C16H12N2S/c19-16(13-4-2-1-3-5-13)14-6-8-15(9-7-14)18-11-10-17-12-18/h1-12H. The Bertz CT molecular complexity index is 671. The minimum Gasteiger partial charge on any atom is -0.306 e. The minimum atomic E-state index is 0.873. The van der Waals surface area contributed by atoms with E-state index < -0.39 is 0 Å². The van der Waals surface area contributed by atoms with E-state index in [0.29, 0.717) is 0 Å². The quantitative estimate of drug-likeness (QED) is 0.531. The maximum Gasteiger partial charge on any atom is 0.0991 e. The fraction of sp³-hybridized carbons (Fsp3) is 0. The molecule has 0 amide bonds. The summed E-state index contributed by atoms with van der Waals surface area (Å²) in [6.45, 7) is 0. The molecular formula is C16H12N2S. The molecule has 3 heteroatoms. The molecule has 0 radical (unpaired) electrons. The number of hydrogen-bond acceptors (Lipinski definition) is 2. The molecule has 2 nitrogen and oxygen atoms in total. The van der Waals surface area contributed by atoms with E-state index in [9.17, 15) is 0 Å². The molecule has 3 rings (SSSR count). The van der Waals surface area contributed by atoms with E-state index in [1.807, 2.05) is 65.4 Å². The average molecular weight is 264 g/mol. The van der Waals surface area contributed by atoms with Gasteiger partial charge in [-0.25, -0.2) is 4.98 Å². The number of nitrogens with zero attached hydrogens (tertiary/aromatic N) is 2. The summed E-state index contributed by atoms with van der Waals surface area (Å²) in [5, 5.41) is 0. The molecule has 0 fully saturated rings. The van der Waals surface area contributed by atoms with E-state index >= 15 is 0 Å². The predicted octanol–water partition coefficient (Wildman–Crippen LogP) is 3.64. The maximum atomic E-state index is 5.51. The van der Waals surface area contributed by atoms with Crippen molar-refractivity contribution in [3.63, 3.8) is 0 Å². The van der Waals surface area contributed by atoms with Gasteiger partial charge in [-0.05, 0) is 23.3 Å². The number of rotatable bonds is 3. The summed E-state index contributed by atoms with van der Waals surface area (Å²) in [6.07, 6.45) is 5.47. The Kier molecular flexibility index (Phi) is 3.21. The highest BCUT2D eigenvalue weighted by Crippen LogP contribution is 2.14. The van der Waals surface area contributed by atoms with E-state index in [0.717, 1.165) is 21.7 Å². The second kappa shape index (κ2) is 5.16. The zero-order chi connectivity index (χ0) is 13.1. The Labute approximate surface area is 117 Å². The smallest absolute Gasteiger partial charge is 0.0991 e. The summed E-state index contributed by atoms with van der Waals surface area (Å²) in [6, 6.07) is 18.3. The molecule has 0 aliphatic carbocycles. The van der Waals surface area contributed by atoms with Gasteiger partial charge in [0.2, 0.25) is 0 Å². The van der Waals surface area contributed by atoms with E-state index in [4.69, 9.17) is 12.2 Å². The van der Waals surface area contributed by atoms with Gasteiger partial charge in [-0.3, -0.25) is 0 Å². The van der Waals surface area contributed by atoms with Crippen molar-refractivity contribution in [2.24, 2.45) is 0 Å². The summed E-state index contributed by atoms with van der Waals surface area (Å²) in [4.78, 5) is 4.91. The molecule has 3 aromatic rings. The lowest BCUT2D eigenvalue weighted by Gasteiger charge is -2.06. The Morgan fingerprint density at radius 2 is 1.58 bits per heavy atom. The zero-order valence-electron chi connectivity index (χ0n) is 10.2. The number of hydrogen-bond donors (Lipinski definition) is 0. The number of imidazole rings is 1. The van der Waals surface area contributed by atoms with Crippen LogP contribution in [-0.4, -0.2) is 14.4 Å². The third-order valence-corrected chi connectivity index (χ3v) is 3.44. The Morgan fingerprint density at radius 1 is 0.895 bits per heavy atom. The van der Waals surface area contributed by atoms with Gasteiger partial charge in [-0.1, -0.05) is 54.7 Å². The molecule has 0 saturated carbocycles. The van der Waals surface area contributed by atoms with Gasteiger partial charge in [0.15, 0.2) is 0 Å². The van der Waals surface area contributed by atoms with Crippen LogP contribution in [0.4, 0.5) is 0 Å². The van der Waals surface area contributed by atoms with Gasteiger partial charge in [-0.15, -0.1) is 0 Å². The van der Waals surface area contributed by atoms with Crippen LogP contribution >= 0.6 is 12.2 Å². The topological polar surface area (TPSA) is 17.8 Å². The second-order valence-electron chi connectivity index (χ2n) is 4.21. The molecule has 0 spiro atoms. The van der Waals surface area contributed by atoms with Crippen molar-refractivity contribution in [2.75, 3.05) is 0 Å². The molecule has 0 saturated heterocycles. The third-order valence-electron chi connectivity index (χ3n) is 2.97. The van der Waals surface area contributed by atoms with Gasteiger partial charge in [0, 0.05) is 18.1 Å². The van der Waals surface area contributed by atoms with Crippen molar-refractivity contribution >= 4 is 17.1 Å². The summed E-state index contributed by atoms with van der Waals surface area (Å²) in [5.41, 5.74) is 3.22. The largest absolute Gasteiger partial charge is 0.306 e. The predicted molar refractivity (Wildman–Crippen MR) is 80.8 cm³/mol. The molecule has 0 bridgehead atoms. The molecule has 0 N–H and O–H groups in total. The number of thiocarbonyl (C=S) groups is 1. The van der Waals surface area contributed by atoms with Gasteiger partial charge in [0.05, 0.1) is 11.2 Å². The van der Waals surface area contributed by atoms with Crippen LogP contribution in [0.5, 0.6) is 0 Å². The molecule has 1 aromatic heterocycles. The van der Waals surface area contributed by atoms with E-state index in [-0.39, 0.29) is 0 Å². The average Bonchev–Trinajstić information content (AvgIpc) is 3.02. The first kappa shape index (κ1) is 11.8. The normalized spacial score (nSPS) is 10.3. The van der Waals surface area contributed by atoms with Crippen molar-refractivity contribution in [3.05, 3.63) is 84.4 Å². The number of aromatic nitrogens is 2. The third kappa shape index (κ3) is 2.46. The van der Waals surface area contributed by atoms with Crippen molar-refractivity contribution in [2.45, 2.75) is 0 Å². The van der Waals surface area contributed by atoms with Crippen LogP contribution in [0.25, 0.3) is 5.69 Å². The van der Waals surface area contributed by atoms with E-state index in [1.54, 1.807) is 12.5 Å². The molecule has 92 valence electrons. The lowest BCUT2D eigenvalue weighted by Crippen LogP contribution is -1.99. The fourth-order valence-electron chi connectivity index (χ4n) is 1.95. The lowest BCUT2D eigenvalue weighted by atomic mass is 10.0. The minimum absolute atomic E-state index is 0.873. The molecule has 0 aliphatic heterocycles.